The molecule has 0 bridgehead atoms. The van der Waals surface area contributed by atoms with Crippen LogP contribution in [0, 0.1) is 0 Å². The number of hydrogen-bond acceptors (Lipinski definition) is 7. The summed E-state index contributed by atoms with van der Waals surface area (Å²) in [7, 11) is 0. The summed E-state index contributed by atoms with van der Waals surface area (Å²) in [5.74, 6) is -2.92. The van der Waals surface area contributed by atoms with E-state index in [1.807, 2.05) is 48.5 Å². The third kappa shape index (κ3) is 7.22. The van der Waals surface area contributed by atoms with Gasteiger partial charge in [-0.05, 0) is 60.4 Å². The lowest BCUT2D eigenvalue weighted by molar-refractivity contribution is -0.168. The van der Waals surface area contributed by atoms with Gasteiger partial charge in [-0.3, -0.25) is 9.59 Å². The van der Waals surface area contributed by atoms with Gasteiger partial charge in [0.15, 0.2) is 11.5 Å². The number of halogens is 2. The molecule has 262 valence electrons. The molecule has 0 heterocycles. The summed E-state index contributed by atoms with van der Waals surface area (Å²) in [6.07, 6.45) is 1.47. The summed E-state index contributed by atoms with van der Waals surface area (Å²) in [6, 6.07) is 24.2. The molecule has 0 saturated carbocycles. The van der Waals surface area contributed by atoms with Gasteiger partial charge in [0.25, 0.3) is 11.8 Å². The van der Waals surface area contributed by atoms with E-state index in [2.05, 4.69) is 17.2 Å². The zero-order valence-corrected chi connectivity index (χ0v) is 29.6. The Bertz CT molecular complexity index is 1990. The van der Waals surface area contributed by atoms with E-state index < -0.39 is 34.8 Å². The second kappa shape index (κ2) is 14.6. The van der Waals surface area contributed by atoms with Crippen molar-refractivity contribution < 1.29 is 33.4 Å². The SMILES string of the molecule is C=CCOc1c(Cl)cccc1C(=O)NC1(C(=O)OC(=O)C2(NC(=O)c3cccc(Cl)c3OC(C)C)Cc3ccccc3C2)Cc2ccccc2C1. The van der Waals surface area contributed by atoms with Crippen molar-refractivity contribution in [2.24, 2.45) is 0 Å². The summed E-state index contributed by atoms with van der Waals surface area (Å²) in [6.45, 7) is 7.36. The summed E-state index contributed by atoms with van der Waals surface area (Å²) in [5.41, 5.74) is 0.135. The Morgan fingerprint density at radius 2 is 1.10 bits per heavy atom. The Balaban J connectivity index is 1.33. The first-order valence-electron chi connectivity index (χ1n) is 16.5. The van der Waals surface area contributed by atoms with Crippen LogP contribution >= 0.6 is 23.2 Å². The number of carbonyl (C=O) groups excluding carboxylic acids is 4. The van der Waals surface area contributed by atoms with Gasteiger partial charge in [-0.1, -0.05) is 96.5 Å². The third-order valence-electron chi connectivity index (χ3n) is 9.00. The number of esters is 2. The predicted octanol–water partition coefficient (Wildman–Crippen LogP) is 6.65. The van der Waals surface area contributed by atoms with Crippen molar-refractivity contribution in [3.05, 3.63) is 141 Å². The van der Waals surface area contributed by atoms with E-state index in [1.54, 1.807) is 44.2 Å². The van der Waals surface area contributed by atoms with Gasteiger partial charge in [0.05, 0.1) is 27.3 Å². The monoisotopic (exact) mass is 726 g/mol. The molecule has 0 aromatic heterocycles. The van der Waals surface area contributed by atoms with Crippen LogP contribution in [0.15, 0.2) is 97.6 Å². The Morgan fingerprint density at radius 1 is 0.686 bits per heavy atom. The first kappa shape index (κ1) is 35.7. The fourth-order valence-electron chi connectivity index (χ4n) is 6.67. The summed E-state index contributed by atoms with van der Waals surface area (Å²) in [4.78, 5) is 56.7. The number of hydrogen-bond donors (Lipinski definition) is 2. The van der Waals surface area contributed by atoms with Crippen molar-refractivity contribution in [3.8, 4) is 11.5 Å². The van der Waals surface area contributed by atoms with Crippen LogP contribution in [0.5, 0.6) is 11.5 Å². The average molecular weight is 728 g/mol. The topological polar surface area (TPSA) is 120 Å². The van der Waals surface area contributed by atoms with Crippen LogP contribution in [-0.4, -0.2) is 47.5 Å². The lowest BCUT2D eigenvalue weighted by atomic mass is 9.93. The lowest BCUT2D eigenvalue weighted by Gasteiger charge is -2.32. The first-order chi connectivity index (χ1) is 24.4. The van der Waals surface area contributed by atoms with Crippen molar-refractivity contribution in [1.82, 2.24) is 10.6 Å². The molecular weight excluding hydrogens is 691 g/mol. The molecule has 2 amide bonds. The maximum absolute atomic E-state index is 14.4. The van der Waals surface area contributed by atoms with Crippen molar-refractivity contribution >= 4 is 47.0 Å². The van der Waals surface area contributed by atoms with E-state index in [0.717, 1.165) is 22.3 Å². The Morgan fingerprint density at radius 3 is 1.51 bits per heavy atom. The number of carbonyl (C=O) groups is 4. The van der Waals surface area contributed by atoms with Crippen LogP contribution < -0.4 is 20.1 Å². The second-order valence-electron chi connectivity index (χ2n) is 13.0. The summed E-state index contributed by atoms with van der Waals surface area (Å²) in [5, 5.41) is 6.20. The molecule has 0 aliphatic heterocycles. The number of amides is 2. The Kier molecular flexibility index (Phi) is 10.2. The molecule has 4 aromatic rings. The van der Waals surface area contributed by atoms with E-state index >= 15 is 0 Å². The molecule has 0 radical (unpaired) electrons. The zero-order valence-electron chi connectivity index (χ0n) is 28.1. The van der Waals surface area contributed by atoms with Gasteiger partial charge < -0.3 is 24.8 Å². The maximum atomic E-state index is 14.4. The lowest BCUT2D eigenvalue weighted by Crippen LogP contribution is -2.61. The van der Waals surface area contributed by atoms with Crippen LogP contribution in [-0.2, 0) is 40.0 Å². The molecule has 51 heavy (non-hydrogen) atoms. The number of rotatable bonds is 11. The van der Waals surface area contributed by atoms with Gasteiger partial charge in [0.2, 0.25) is 0 Å². The van der Waals surface area contributed by atoms with Gasteiger partial charge in [0, 0.05) is 25.7 Å². The predicted molar refractivity (Wildman–Crippen MR) is 194 cm³/mol. The minimum Gasteiger partial charge on any atom is -0.489 e. The largest absolute Gasteiger partial charge is 0.489 e. The van der Waals surface area contributed by atoms with Crippen molar-refractivity contribution in [2.75, 3.05) is 6.61 Å². The molecule has 2 aliphatic rings. The zero-order chi connectivity index (χ0) is 36.3. The molecule has 0 fully saturated rings. The van der Waals surface area contributed by atoms with Crippen molar-refractivity contribution in [2.45, 2.75) is 56.7 Å². The number of ether oxygens (including phenoxy) is 3. The molecule has 2 N–H and O–H groups in total. The smallest absolute Gasteiger partial charge is 0.340 e. The van der Waals surface area contributed by atoms with Crippen molar-refractivity contribution in [1.29, 1.82) is 0 Å². The molecule has 11 heteroatoms. The van der Waals surface area contributed by atoms with E-state index in [0.29, 0.717) is 0 Å². The van der Waals surface area contributed by atoms with Crippen LogP contribution in [0.4, 0.5) is 0 Å². The van der Waals surface area contributed by atoms with Crippen LogP contribution in [0.2, 0.25) is 10.0 Å². The Hall–Kier alpha value is -5.12. The highest BCUT2D eigenvalue weighted by molar-refractivity contribution is 6.33. The standard InChI is InChI=1S/C40H36Cl2N2O7/c1-4-19-49-33-29(15-9-17-31(33)41)35(45)43-39(20-25-11-5-6-12-26(25)21-39)37(47)51-38(48)40(22-27-13-7-8-14-28(27)23-40)44-36(46)30-16-10-18-32(42)34(30)50-24(2)3/h4-18,24H,1,19-23H2,2-3H3,(H,43,45)(H,44,46). The summed E-state index contributed by atoms with van der Waals surface area (Å²) >= 11 is 12.8. The quantitative estimate of drug-likeness (QED) is 0.101. The molecule has 0 atom stereocenters. The fourth-order valence-corrected chi connectivity index (χ4v) is 7.11. The summed E-state index contributed by atoms with van der Waals surface area (Å²) < 4.78 is 17.3. The van der Waals surface area contributed by atoms with Crippen molar-refractivity contribution in [3.63, 3.8) is 0 Å². The normalized spacial score (nSPS) is 14.9. The second-order valence-corrected chi connectivity index (χ2v) is 13.8. The van der Waals surface area contributed by atoms with E-state index in [-0.39, 0.29) is 71.1 Å². The van der Waals surface area contributed by atoms with Gasteiger partial charge in [-0.15, -0.1) is 0 Å². The van der Waals surface area contributed by atoms with Crippen LogP contribution in [0.1, 0.15) is 56.8 Å². The highest BCUT2D eigenvalue weighted by atomic mass is 35.5. The first-order valence-corrected chi connectivity index (χ1v) is 17.2. The van der Waals surface area contributed by atoms with Gasteiger partial charge in [-0.2, -0.15) is 0 Å². The number of fused-ring (bicyclic) bond motifs is 2. The molecule has 0 saturated heterocycles. The maximum Gasteiger partial charge on any atom is 0.340 e. The van der Waals surface area contributed by atoms with Crippen LogP contribution in [0.25, 0.3) is 0 Å². The number of benzene rings is 4. The number of para-hydroxylation sites is 2. The van der Waals surface area contributed by atoms with Gasteiger partial charge >= 0.3 is 11.9 Å². The average Bonchev–Trinajstić information content (AvgIpc) is 3.67. The minimum absolute atomic E-state index is 0.0580. The minimum atomic E-state index is -1.67. The Labute approximate surface area is 305 Å². The van der Waals surface area contributed by atoms with Gasteiger partial charge in [-0.25, -0.2) is 9.59 Å². The number of nitrogens with one attached hydrogen (secondary N) is 2. The molecule has 0 unspecified atom stereocenters. The molecule has 0 spiro atoms. The van der Waals surface area contributed by atoms with Gasteiger partial charge in [0.1, 0.15) is 17.7 Å². The van der Waals surface area contributed by atoms with E-state index in [9.17, 15) is 19.2 Å². The van der Waals surface area contributed by atoms with E-state index in [1.165, 1.54) is 12.1 Å². The molecule has 9 nitrogen and oxygen atoms in total. The molecule has 2 aliphatic carbocycles. The van der Waals surface area contributed by atoms with Crippen LogP contribution in [0.3, 0.4) is 0 Å². The molecular formula is C40H36Cl2N2O7. The molecule has 6 rings (SSSR count). The highest BCUT2D eigenvalue weighted by Crippen LogP contribution is 2.37. The molecule has 4 aromatic carbocycles. The third-order valence-corrected chi connectivity index (χ3v) is 9.60. The highest BCUT2D eigenvalue weighted by Gasteiger charge is 2.52. The fraction of sp³-hybridized carbons (Fsp3) is 0.250. The van der Waals surface area contributed by atoms with E-state index in [4.69, 9.17) is 37.4 Å².